The molecule has 0 fully saturated rings. The predicted octanol–water partition coefficient (Wildman–Crippen LogP) is 3.62. The van der Waals surface area contributed by atoms with E-state index in [-0.39, 0.29) is 24.5 Å². The van der Waals surface area contributed by atoms with Gasteiger partial charge in [0.05, 0.1) is 18.2 Å². The van der Waals surface area contributed by atoms with E-state index in [0.717, 1.165) is 22.7 Å². The Labute approximate surface area is 151 Å². The molecule has 1 aromatic heterocycles. The summed E-state index contributed by atoms with van der Waals surface area (Å²) in [4.78, 5) is 27.0. The Morgan fingerprint density at radius 3 is 2.88 bits per heavy atom. The van der Waals surface area contributed by atoms with E-state index in [1.165, 1.54) is 16.9 Å². The number of carbonyl (C=O) groups excluding carboxylic acids is 2. The van der Waals surface area contributed by atoms with Gasteiger partial charge in [-0.05, 0) is 50.5 Å². The monoisotopic (exact) mass is 358 g/mol. The molecule has 0 radical (unpaired) electrons. The van der Waals surface area contributed by atoms with Crippen molar-refractivity contribution in [3.05, 3.63) is 46.3 Å². The molecule has 25 heavy (non-hydrogen) atoms. The Balaban J connectivity index is 1.67. The number of amides is 1. The highest BCUT2D eigenvalue weighted by Crippen LogP contribution is 2.32. The van der Waals surface area contributed by atoms with Crippen LogP contribution in [-0.2, 0) is 16.0 Å². The first-order chi connectivity index (χ1) is 12.0. The summed E-state index contributed by atoms with van der Waals surface area (Å²) in [5.41, 5.74) is 3.06. The molecule has 0 saturated heterocycles. The second kappa shape index (κ2) is 7.27. The number of fused-ring (bicyclic) bond motifs is 1. The van der Waals surface area contributed by atoms with Crippen LogP contribution in [-0.4, -0.2) is 31.1 Å². The number of rotatable bonds is 5. The van der Waals surface area contributed by atoms with Crippen molar-refractivity contribution < 1.29 is 14.3 Å². The van der Waals surface area contributed by atoms with Crippen molar-refractivity contribution in [2.24, 2.45) is 0 Å². The summed E-state index contributed by atoms with van der Waals surface area (Å²) in [5, 5.41) is 3.95. The zero-order chi connectivity index (χ0) is 18.0. The average Bonchev–Trinajstić information content (AvgIpc) is 3.12. The average molecular weight is 358 g/mol. The molecule has 2 heterocycles. The molecule has 0 spiro atoms. The van der Waals surface area contributed by atoms with Crippen LogP contribution in [0.5, 0.6) is 0 Å². The molecule has 3 rings (SSSR count). The number of esters is 1. The Kier molecular flexibility index (Phi) is 5.08. The normalized spacial score (nSPS) is 15.8. The third-order valence-corrected chi connectivity index (χ3v) is 5.44. The Morgan fingerprint density at radius 2 is 2.12 bits per heavy atom. The summed E-state index contributed by atoms with van der Waals surface area (Å²) in [5.74, 6) is -0.285. The van der Waals surface area contributed by atoms with Gasteiger partial charge in [-0.3, -0.25) is 4.79 Å². The summed E-state index contributed by atoms with van der Waals surface area (Å²) in [7, 11) is 0. The van der Waals surface area contributed by atoms with Crippen LogP contribution in [0, 0.1) is 6.92 Å². The Hall–Kier alpha value is -2.34. The number of para-hydroxylation sites is 1. The number of nitrogens with zero attached hydrogens (tertiary/aromatic N) is 1. The summed E-state index contributed by atoms with van der Waals surface area (Å²) in [6.45, 7) is 6.26. The molecule has 0 unspecified atom stereocenters. The van der Waals surface area contributed by atoms with Gasteiger partial charge < -0.3 is 15.0 Å². The molecule has 0 saturated carbocycles. The molecule has 0 bridgehead atoms. The number of aryl methyl sites for hydroxylation is 1. The number of anilines is 2. The molecule has 0 aliphatic carbocycles. The molecule has 1 atom stereocenters. The molecule has 1 aliphatic heterocycles. The number of nitrogens with one attached hydrogen (secondary N) is 1. The van der Waals surface area contributed by atoms with Crippen molar-refractivity contribution in [2.45, 2.75) is 33.2 Å². The minimum atomic E-state index is -0.313. The first kappa shape index (κ1) is 17.5. The first-order valence-electron chi connectivity index (χ1n) is 8.42. The molecule has 2 aromatic rings. The van der Waals surface area contributed by atoms with Gasteiger partial charge in [0.2, 0.25) is 5.91 Å². The van der Waals surface area contributed by atoms with Gasteiger partial charge in [-0.25, -0.2) is 4.79 Å². The zero-order valence-electron chi connectivity index (χ0n) is 14.7. The number of benzene rings is 1. The van der Waals surface area contributed by atoms with E-state index in [4.69, 9.17) is 4.74 Å². The maximum absolute atomic E-state index is 12.7. The molecule has 5 nitrogen and oxygen atoms in total. The summed E-state index contributed by atoms with van der Waals surface area (Å²) >= 11 is 1.32. The van der Waals surface area contributed by atoms with E-state index in [1.807, 2.05) is 36.1 Å². The Bertz CT molecular complexity index is 800. The lowest BCUT2D eigenvalue weighted by molar-refractivity contribution is -0.117. The van der Waals surface area contributed by atoms with Crippen LogP contribution >= 0.6 is 11.3 Å². The number of carbonyl (C=O) groups is 2. The smallest absolute Gasteiger partial charge is 0.348 e. The Morgan fingerprint density at radius 1 is 1.36 bits per heavy atom. The van der Waals surface area contributed by atoms with Crippen LogP contribution in [0.15, 0.2) is 30.3 Å². The van der Waals surface area contributed by atoms with Crippen molar-refractivity contribution in [2.75, 3.05) is 23.4 Å². The molecular formula is C19H22N2O3S. The standard InChI is InChI=1S/C19H22N2O3S/c1-4-24-19(23)18-12(2)9-16(25-18)20-11-17(22)21-13(3)10-14-7-5-6-8-15(14)21/h5-9,13,20H,4,10-11H2,1-3H3/t13-/m0/s1. The van der Waals surface area contributed by atoms with Crippen molar-refractivity contribution in [3.63, 3.8) is 0 Å². The van der Waals surface area contributed by atoms with E-state index in [2.05, 4.69) is 18.3 Å². The van der Waals surface area contributed by atoms with Crippen molar-refractivity contribution in [3.8, 4) is 0 Å². The predicted molar refractivity (Wildman–Crippen MR) is 101 cm³/mol. The van der Waals surface area contributed by atoms with E-state index < -0.39 is 0 Å². The quantitative estimate of drug-likeness (QED) is 0.830. The van der Waals surface area contributed by atoms with Crippen LogP contribution in [0.3, 0.4) is 0 Å². The van der Waals surface area contributed by atoms with Crippen molar-refractivity contribution in [1.82, 2.24) is 0 Å². The summed E-state index contributed by atoms with van der Waals surface area (Å²) in [6, 6.07) is 10.1. The topological polar surface area (TPSA) is 58.6 Å². The third kappa shape index (κ3) is 3.54. The maximum Gasteiger partial charge on any atom is 0.348 e. The van der Waals surface area contributed by atoms with Gasteiger partial charge >= 0.3 is 5.97 Å². The van der Waals surface area contributed by atoms with Crippen LogP contribution < -0.4 is 10.2 Å². The number of hydrogen-bond acceptors (Lipinski definition) is 5. The largest absolute Gasteiger partial charge is 0.462 e. The first-order valence-corrected chi connectivity index (χ1v) is 9.24. The molecule has 1 amide bonds. The van der Waals surface area contributed by atoms with Gasteiger partial charge in [0.1, 0.15) is 4.88 Å². The third-order valence-electron chi connectivity index (χ3n) is 4.27. The van der Waals surface area contributed by atoms with Crippen molar-refractivity contribution in [1.29, 1.82) is 0 Å². The highest BCUT2D eigenvalue weighted by atomic mass is 32.1. The van der Waals surface area contributed by atoms with Gasteiger partial charge in [0.15, 0.2) is 0 Å². The van der Waals surface area contributed by atoms with Crippen molar-refractivity contribution >= 4 is 33.9 Å². The second-order valence-corrected chi connectivity index (χ2v) is 7.19. The minimum Gasteiger partial charge on any atom is -0.462 e. The fourth-order valence-corrected chi connectivity index (χ4v) is 4.12. The lowest BCUT2D eigenvalue weighted by Crippen LogP contribution is -2.39. The zero-order valence-corrected chi connectivity index (χ0v) is 15.5. The fraction of sp³-hybridized carbons (Fsp3) is 0.368. The van der Waals surface area contributed by atoms with Crippen LogP contribution in [0.2, 0.25) is 0 Å². The number of hydrogen-bond donors (Lipinski definition) is 1. The van der Waals surface area contributed by atoms with Gasteiger partial charge in [-0.15, -0.1) is 11.3 Å². The molecule has 132 valence electrons. The molecule has 1 aliphatic rings. The molecule has 1 N–H and O–H groups in total. The van der Waals surface area contributed by atoms with E-state index in [9.17, 15) is 9.59 Å². The van der Waals surface area contributed by atoms with Gasteiger partial charge in [-0.2, -0.15) is 0 Å². The maximum atomic E-state index is 12.7. The van der Waals surface area contributed by atoms with E-state index in [0.29, 0.717) is 11.5 Å². The van der Waals surface area contributed by atoms with E-state index in [1.54, 1.807) is 6.92 Å². The SMILES string of the molecule is CCOC(=O)c1sc(NCC(=O)N2c3ccccc3C[C@@H]2C)cc1C. The number of ether oxygens (including phenoxy) is 1. The molecule has 1 aromatic carbocycles. The van der Waals surface area contributed by atoms with Crippen LogP contribution in [0.1, 0.15) is 34.6 Å². The van der Waals surface area contributed by atoms with E-state index >= 15 is 0 Å². The van der Waals surface area contributed by atoms with Crippen LogP contribution in [0.25, 0.3) is 0 Å². The fourth-order valence-electron chi connectivity index (χ4n) is 3.16. The highest BCUT2D eigenvalue weighted by Gasteiger charge is 2.30. The summed E-state index contributed by atoms with van der Waals surface area (Å²) in [6.07, 6.45) is 0.882. The molecule has 6 heteroatoms. The number of thiophene rings is 1. The van der Waals surface area contributed by atoms with Gasteiger partial charge in [0.25, 0.3) is 0 Å². The molecular weight excluding hydrogens is 336 g/mol. The summed E-state index contributed by atoms with van der Waals surface area (Å²) < 4.78 is 5.05. The highest BCUT2D eigenvalue weighted by molar-refractivity contribution is 7.18. The van der Waals surface area contributed by atoms with Gasteiger partial charge in [-0.1, -0.05) is 18.2 Å². The van der Waals surface area contributed by atoms with Gasteiger partial charge in [0, 0.05) is 11.7 Å². The lowest BCUT2D eigenvalue weighted by Gasteiger charge is -2.22. The second-order valence-electron chi connectivity index (χ2n) is 6.14. The van der Waals surface area contributed by atoms with Crippen LogP contribution in [0.4, 0.5) is 10.7 Å². The lowest BCUT2D eigenvalue weighted by atomic mass is 10.1. The minimum absolute atomic E-state index is 0.0289.